The standard InChI is InChI=1S/C13H21N3O2/c1-10(7-13(14)16-18)15-12(9-17)8-11-5-3-2-4-6-11/h2-6,10,12,15,17-18H,7-9H2,1H3,(H2,14,16). The van der Waals surface area contributed by atoms with Crippen molar-refractivity contribution in [3.8, 4) is 0 Å². The third kappa shape index (κ3) is 5.16. The minimum absolute atomic E-state index is 0.0334. The van der Waals surface area contributed by atoms with E-state index in [1.54, 1.807) is 0 Å². The second-order valence-electron chi connectivity index (χ2n) is 4.43. The van der Waals surface area contributed by atoms with Crippen LogP contribution in [-0.2, 0) is 6.42 Å². The third-order valence-corrected chi connectivity index (χ3v) is 2.71. The van der Waals surface area contributed by atoms with E-state index in [-0.39, 0.29) is 24.5 Å². The van der Waals surface area contributed by atoms with Crippen LogP contribution < -0.4 is 11.1 Å². The maximum Gasteiger partial charge on any atom is 0.140 e. The highest BCUT2D eigenvalue weighted by molar-refractivity contribution is 5.80. The van der Waals surface area contributed by atoms with E-state index in [1.165, 1.54) is 5.56 Å². The largest absolute Gasteiger partial charge is 0.409 e. The normalized spacial score (nSPS) is 15.3. The molecule has 5 heteroatoms. The summed E-state index contributed by atoms with van der Waals surface area (Å²) in [7, 11) is 0. The number of amidine groups is 1. The fourth-order valence-corrected chi connectivity index (χ4v) is 1.89. The van der Waals surface area contributed by atoms with Gasteiger partial charge in [0, 0.05) is 18.5 Å². The lowest BCUT2D eigenvalue weighted by Gasteiger charge is -2.21. The number of oxime groups is 1. The molecule has 0 amide bonds. The molecule has 0 aromatic heterocycles. The molecule has 2 atom stereocenters. The molecule has 5 nitrogen and oxygen atoms in total. The average molecular weight is 251 g/mol. The summed E-state index contributed by atoms with van der Waals surface area (Å²) < 4.78 is 0. The van der Waals surface area contributed by atoms with Crippen LogP contribution in [0.2, 0.25) is 0 Å². The lowest BCUT2D eigenvalue weighted by Crippen LogP contribution is -2.42. The minimum Gasteiger partial charge on any atom is -0.409 e. The predicted octanol–water partition coefficient (Wildman–Crippen LogP) is 0.705. The molecule has 0 aliphatic rings. The monoisotopic (exact) mass is 251 g/mol. The highest BCUT2D eigenvalue weighted by Gasteiger charge is 2.13. The van der Waals surface area contributed by atoms with E-state index in [9.17, 15) is 5.11 Å². The van der Waals surface area contributed by atoms with Crippen molar-refractivity contribution < 1.29 is 10.3 Å². The molecule has 0 saturated heterocycles. The van der Waals surface area contributed by atoms with E-state index < -0.39 is 0 Å². The molecule has 0 aliphatic carbocycles. The number of aliphatic hydroxyl groups excluding tert-OH is 1. The highest BCUT2D eigenvalue weighted by atomic mass is 16.4. The molecular weight excluding hydrogens is 230 g/mol. The van der Waals surface area contributed by atoms with Crippen LogP contribution in [0.1, 0.15) is 18.9 Å². The molecule has 100 valence electrons. The van der Waals surface area contributed by atoms with Gasteiger partial charge in [0.1, 0.15) is 5.84 Å². The highest BCUT2D eigenvalue weighted by Crippen LogP contribution is 2.04. The van der Waals surface area contributed by atoms with Gasteiger partial charge in [0.25, 0.3) is 0 Å². The van der Waals surface area contributed by atoms with Gasteiger partial charge in [-0.2, -0.15) is 0 Å². The topological polar surface area (TPSA) is 90.9 Å². The molecule has 0 spiro atoms. The first-order chi connectivity index (χ1) is 8.65. The van der Waals surface area contributed by atoms with Crippen molar-refractivity contribution in [2.24, 2.45) is 10.9 Å². The van der Waals surface area contributed by atoms with Crippen LogP contribution in [0.15, 0.2) is 35.5 Å². The fraction of sp³-hybridized carbons (Fsp3) is 0.462. The maximum absolute atomic E-state index is 9.35. The van der Waals surface area contributed by atoms with Crippen molar-refractivity contribution in [1.29, 1.82) is 0 Å². The number of benzene rings is 1. The average Bonchev–Trinajstić information content (AvgIpc) is 2.38. The number of nitrogens with one attached hydrogen (secondary N) is 1. The van der Waals surface area contributed by atoms with Gasteiger partial charge in [-0.1, -0.05) is 35.5 Å². The zero-order valence-electron chi connectivity index (χ0n) is 10.6. The molecule has 18 heavy (non-hydrogen) atoms. The summed E-state index contributed by atoms with van der Waals surface area (Å²) in [6, 6.07) is 9.98. The van der Waals surface area contributed by atoms with Gasteiger partial charge in [-0.25, -0.2) is 0 Å². The van der Waals surface area contributed by atoms with Gasteiger partial charge in [0.05, 0.1) is 6.61 Å². The minimum atomic E-state index is -0.0334. The molecule has 5 N–H and O–H groups in total. The van der Waals surface area contributed by atoms with E-state index in [0.717, 1.165) is 6.42 Å². The first-order valence-corrected chi connectivity index (χ1v) is 6.03. The predicted molar refractivity (Wildman–Crippen MR) is 71.6 cm³/mol. The van der Waals surface area contributed by atoms with Crippen molar-refractivity contribution in [3.05, 3.63) is 35.9 Å². The number of hydrogen-bond acceptors (Lipinski definition) is 4. The van der Waals surface area contributed by atoms with E-state index in [2.05, 4.69) is 10.5 Å². The SMILES string of the molecule is CC(C/C(N)=N/O)NC(CO)Cc1ccccc1. The van der Waals surface area contributed by atoms with Gasteiger partial charge in [0.15, 0.2) is 0 Å². The first kappa shape index (κ1) is 14.5. The Morgan fingerprint density at radius 3 is 2.61 bits per heavy atom. The Labute approximate surface area is 107 Å². The number of aliphatic hydroxyl groups is 1. The van der Waals surface area contributed by atoms with E-state index >= 15 is 0 Å². The molecule has 0 heterocycles. The molecule has 1 rings (SSSR count). The Bertz CT molecular complexity index is 368. The lowest BCUT2D eigenvalue weighted by atomic mass is 10.1. The summed E-state index contributed by atoms with van der Waals surface area (Å²) >= 11 is 0. The van der Waals surface area contributed by atoms with E-state index in [0.29, 0.717) is 6.42 Å². The molecule has 1 aromatic carbocycles. The van der Waals surface area contributed by atoms with Crippen LogP contribution in [0.25, 0.3) is 0 Å². The lowest BCUT2D eigenvalue weighted by molar-refractivity contribution is 0.232. The Balaban J connectivity index is 2.47. The van der Waals surface area contributed by atoms with E-state index in [1.807, 2.05) is 37.3 Å². The maximum atomic E-state index is 9.35. The van der Waals surface area contributed by atoms with Gasteiger partial charge < -0.3 is 21.4 Å². The van der Waals surface area contributed by atoms with Crippen LogP contribution in [0.3, 0.4) is 0 Å². The van der Waals surface area contributed by atoms with Gasteiger partial charge >= 0.3 is 0 Å². The summed E-state index contributed by atoms with van der Waals surface area (Å²) in [4.78, 5) is 0. The summed E-state index contributed by atoms with van der Waals surface area (Å²) in [6.07, 6.45) is 1.19. The van der Waals surface area contributed by atoms with Crippen molar-refractivity contribution in [2.75, 3.05) is 6.61 Å². The molecule has 0 saturated carbocycles. The Morgan fingerprint density at radius 1 is 1.39 bits per heavy atom. The van der Waals surface area contributed by atoms with Crippen molar-refractivity contribution in [3.63, 3.8) is 0 Å². The Kier molecular flexibility index (Phi) is 6.18. The van der Waals surface area contributed by atoms with Crippen molar-refractivity contribution in [2.45, 2.75) is 31.8 Å². The molecule has 0 radical (unpaired) electrons. The van der Waals surface area contributed by atoms with Gasteiger partial charge in [-0.3, -0.25) is 0 Å². The molecular formula is C13H21N3O2. The third-order valence-electron chi connectivity index (χ3n) is 2.71. The second kappa shape index (κ2) is 7.68. The fourth-order valence-electron chi connectivity index (χ4n) is 1.89. The van der Waals surface area contributed by atoms with Crippen LogP contribution in [-0.4, -0.2) is 34.8 Å². The number of hydrogen-bond donors (Lipinski definition) is 4. The smallest absolute Gasteiger partial charge is 0.140 e. The quantitative estimate of drug-likeness (QED) is 0.248. The van der Waals surface area contributed by atoms with Crippen LogP contribution in [0.4, 0.5) is 0 Å². The summed E-state index contributed by atoms with van der Waals surface area (Å²) in [5.74, 6) is 0.186. The number of nitrogens with two attached hydrogens (primary N) is 1. The first-order valence-electron chi connectivity index (χ1n) is 6.03. The van der Waals surface area contributed by atoms with E-state index in [4.69, 9.17) is 10.9 Å². The summed E-state index contributed by atoms with van der Waals surface area (Å²) in [5, 5.41) is 24.0. The Morgan fingerprint density at radius 2 is 2.06 bits per heavy atom. The summed E-state index contributed by atoms with van der Waals surface area (Å²) in [6.45, 7) is 1.99. The summed E-state index contributed by atoms with van der Waals surface area (Å²) in [5.41, 5.74) is 6.61. The van der Waals surface area contributed by atoms with Crippen LogP contribution >= 0.6 is 0 Å². The Hall–Kier alpha value is -1.59. The van der Waals surface area contributed by atoms with Gasteiger partial charge in [-0.05, 0) is 18.9 Å². The molecule has 0 bridgehead atoms. The zero-order valence-corrected chi connectivity index (χ0v) is 10.6. The zero-order chi connectivity index (χ0) is 13.4. The van der Waals surface area contributed by atoms with Gasteiger partial charge in [-0.15, -0.1) is 0 Å². The van der Waals surface area contributed by atoms with Crippen molar-refractivity contribution in [1.82, 2.24) is 5.32 Å². The molecule has 1 aromatic rings. The molecule has 0 fully saturated rings. The second-order valence-corrected chi connectivity index (χ2v) is 4.43. The van der Waals surface area contributed by atoms with Crippen LogP contribution in [0.5, 0.6) is 0 Å². The molecule has 2 unspecified atom stereocenters. The van der Waals surface area contributed by atoms with Crippen molar-refractivity contribution >= 4 is 5.84 Å². The van der Waals surface area contributed by atoms with Crippen LogP contribution in [0, 0.1) is 0 Å². The van der Waals surface area contributed by atoms with Gasteiger partial charge in [0.2, 0.25) is 0 Å². The molecule has 0 aliphatic heterocycles. The number of rotatable bonds is 7. The number of nitrogens with zero attached hydrogens (tertiary/aromatic N) is 1.